The Labute approximate surface area is 102 Å². The van der Waals surface area contributed by atoms with Crippen molar-refractivity contribution in [3.8, 4) is 5.75 Å². The van der Waals surface area contributed by atoms with Gasteiger partial charge in [0.25, 0.3) is 0 Å². The molecule has 0 radical (unpaired) electrons. The molecule has 4 nitrogen and oxygen atoms in total. The normalized spacial score (nSPS) is 12.2. The fourth-order valence-corrected chi connectivity index (χ4v) is 1.80. The highest BCUT2D eigenvalue weighted by Crippen LogP contribution is 2.26. The average molecular weight is 289 g/mol. The first-order chi connectivity index (χ1) is 7.54. The number of aliphatic hydroxyl groups excluding tert-OH is 1. The van der Waals surface area contributed by atoms with Crippen molar-refractivity contribution in [2.45, 2.75) is 19.4 Å². The van der Waals surface area contributed by atoms with Gasteiger partial charge in [-0.15, -0.1) is 0 Å². The standard InChI is InChI=1S/C11H13BrO4/c1-2-16-10-4-3-7(5-8(10)12)6-9(13)11(14)15/h3-5,9,13H,2,6H2,1H3,(H,14,15). The Bertz CT molecular complexity index is 378. The van der Waals surface area contributed by atoms with Crippen molar-refractivity contribution < 1.29 is 19.7 Å². The highest BCUT2D eigenvalue weighted by Gasteiger charge is 2.14. The maximum Gasteiger partial charge on any atom is 0.332 e. The van der Waals surface area contributed by atoms with E-state index in [1.54, 1.807) is 18.2 Å². The Balaban J connectivity index is 2.77. The lowest BCUT2D eigenvalue weighted by molar-refractivity contribution is -0.146. The summed E-state index contributed by atoms with van der Waals surface area (Å²) in [6.45, 7) is 2.45. The maximum atomic E-state index is 10.5. The molecule has 0 aliphatic heterocycles. The molecule has 0 fully saturated rings. The van der Waals surface area contributed by atoms with Crippen molar-refractivity contribution in [3.05, 3.63) is 28.2 Å². The van der Waals surface area contributed by atoms with Crippen molar-refractivity contribution in [3.63, 3.8) is 0 Å². The number of aliphatic carboxylic acids is 1. The monoisotopic (exact) mass is 288 g/mol. The predicted molar refractivity (Wildman–Crippen MR) is 62.7 cm³/mol. The van der Waals surface area contributed by atoms with Crippen molar-refractivity contribution in [1.82, 2.24) is 0 Å². The molecule has 1 atom stereocenters. The fourth-order valence-electron chi connectivity index (χ4n) is 1.25. The second-order valence-electron chi connectivity index (χ2n) is 3.26. The van der Waals surface area contributed by atoms with Crippen LogP contribution in [-0.4, -0.2) is 28.9 Å². The third-order valence-corrected chi connectivity index (χ3v) is 2.63. The quantitative estimate of drug-likeness (QED) is 0.868. The first-order valence-corrected chi connectivity index (χ1v) is 5.66. The van der Waals surface area contributed by atoms with E-state index in [0.717, 1.165) is 10.0 Å². The number of hydrogen-bond acceptors (Lipinski definition) is 3. The number of hydrogen-bond donors (Lipinski definition) is 2. The molecule has 0 saturated heterocycles. The summed E-state index contributed by atoms with van der Waals surface area (Å²) in [7, 11) is 0. The second kappa shape index (κ2) is 5.86. The Morgan fingerprint density at radius 3 is 2.75 bits per heavy atom. The molecule has 0 aliphatic carbocycles. The zero-order valence-corrected chi connectivity index (χ0v) is 10.4. The average Bonchev–Trinajstić information content (AvgIpc) is 2.22. The summed E-state index contributed by atoms with van der Waals surface area (Å²) in [5, 5.41) is 17.8. The van der Waals surface area contributed by atoms with Crippen LogP contribution in [0.15, 0.2) is 22.7 Å². The topological polar surface area (TPSA) is 66.8 Å². The lowest BCUT2D eigenvalue weighted by Crippen LogP contribution is -2.21. The minimum Gasteiger partial charge on any atom is -0.493 e. The Kier molecular flexibility index (Phi) is 4.76. The van der Waals surface area contributed by atoms with Gasteiger partial charge in [-0.1, -0.05) is 6.07 Å². The van der Waals surface area contributed by atoms with E-state index in [0.29, 0.717) is 12.4 Å². The van der Waals surface area contributed by atoms with Gasteiger partial charge in [0.1, 0.15) is 5.75 Å². The largest absolute Gasteiger partial charge is 0.493 e. The lowest BCUT2D eigenvalue weighted by atomic mass is 10.1. The summed E-state index contributed by atoms with van der Waals surface area (Å²) >= 11 is 3.32. The first-order valence-electron chi connectivity index (χ1n) is 4.86. The molecule has 5 heteroatoms. The predicted octanol–water partition coefficient (Wildman–Crippen LogP) is 1.84. The van der Waals surface area contributed by atoms with Crippen LogP contribution in [0.25, 0.3) is 0 Å². The number of benzene rings is 1. The third kappa shape index (κ3) is 3.50. The van der Waals surface area contributed by atoms with Gasteiger partial charge in [-0.2, -0.15) is 0 Å². The van der Waals surface area contributed by atoms with Crippen LogP contribution in [0.2, 0.25) is 0 Å². The van der Waals surface area contributed by atoms with Crippen molar-refractivity contribution in [2.75, 3.05) is 6.61 Å². The van der Waals surface area contributed by atoms with Crippen LogP contribution in [0.4, 0.5) is 0 Å². The van der Waals surface area contributed by atoms with E-state index >= 15 is 0 Å². The highest BCUT2D eigenvalue weighted by molar-refractivity contribution is 9.10. The van der Waals surface area contributed by atoms with Gasteiger partial charge >= 0.3 is 5.97 Å². The van der Waals surface area contributed by atoms with Crippen LogP contribution in [0.1, 0.15) is 12.5 Å². The molecule has 1 aromatic rings. The van der Waals surface area contributed by atoms with Crippen molar-refractivity contribution in [2.24, 2.45) is 0 Å². The molecule has 16 heavy (non-hydrogen) atoms. The van der Waals surface area contributed by atoms with Gasteiger partial charge in [-0.3, -0.25) is 0 Å². The smallest absolute Gasteiger partial charge is 0.332 e. The Hall–Kier alpha value is -1.07. The number of ether oxygens (including phenoxy) is 1. The fraction of sp³-hybridized carbons (Fsp3) is 0.364. The third-order valence-electron chi connectivity index (χ3n) is 2.01. The van der Waals surface area contributed by atoms with Gasteiger partial charge in [0, 0.05) is 6.42 Å². The number of carboxylic acid groups (broad SMARTS) is 1. The van der Waals surface area contributed by atoms with Crippen molar-refractivity contribution >= 4 is 21.9 Å². The molecule has 88 valence electrons. The molecular weight excluding hydrogens is 276 g/mol. The first kappa shape index (κ1) is 13.0. The van der Waals surface area contributed by atoms with Gasteiger partial charge < -0.3 is 14.9 Å². The molecule has 0 saturated carbocycles. The Morgan fingerprint density at radius 2 is 2.25 bits per heavy atom. The number of carboxylic acids is 1. The Morgan fingerprint density at radius 1 is 1.56 bits per heavy atom. The zero-order valence-electron chi connectivity index (χ0n) is 8.81. The SMILES string of the molecule is CCOc1ccc(CC(O)C(=O)O)cc1Br. The van der Waals surface area contributed by atoms with Crippen LogP contribution in [0.3, 0.4) is 0 Å². The zero-order chi connectivity index (χ0) is 12.1. The van der Waals surface area contributed by atoms with Gasteiger partial charge in [0.2, 0.25) is 0 Å². The highest BCUT2D eigenvalue weighted by atomic mass is 79.9. The number of carbonyl (C=O) groups is 1. The summed E-state index contributed by atoms with van der Waals surface area (Å²) in [5.41, 5.74) is 0.741. The minimum atomic E-state index is -1.37. The van der Waals surface area contributed by atoms with Gasteiger partial charge in [0.15, 0.2) is 6.10 Å². The van der Waals surface area contributed by atoms with E-state index < -0.39 is 12.1 Å². The minimum absolute atomic E-state index is 0.0837. The molecule has 0 bridgehead atoms. The van der Waals surface area contributed by atoms with Gasteiger partial charge in [-0.25, -0.2) is 4.79 Å². The van der Waals surface area contributed by atoms with E-state index in [1.165, 1.54) is 0 Å². The molecule has 1 aromatic carbocycles. The molecule has 1 rings (SSSR count). The van der Waals surface area contributed by atoms with Crippen LogP contribution in [0.5, 0.6) is 5.75 Å². The van der Waals surface area contributed by atoms with Crippen LogP contribution in [0, 0.1) is 0 Å². The summed E-state index contributed by atoms with van der Waals surface area (Å²) in [6.07, 6.45) is -1.29. The van der Waals surface area contributed by atoms with E-state index in [9.17, 15) is 9.90 Å². The van der Waals surface area contributed by atoms with Crippen LogP contribution < -0.4 is 4.74 Å². The molecule has 1 unspecified atom stereocenters. The summed E-state index contributed by atoms with van der Waals surface area (Å²) < 4.78 is 6.07. The maximum absolute atomic E-state index is 10.5. The molecule has 0 aromatic heterocycles. The molecule has 0 amide bonds. The number of rotatable bonds is 5. The second-order valence-corrected chi connectivity index (χ2v) is 4.11. The molecular formula is C11H13BrO4. The molecule has 0 heterocycles. The van der Waals surface area contributed by atoms with Crippen molar-refractivity contribution in [1.29, 1.82) is 0 Å². The summed E-state index contributed by atoms with van der Waals surface area (Å²) in [6, 6.07) is 5.23. The molecule has 0 spiro atoms. The van der Waals surface area contributed by atoms with Gasteiger partial charge in [0.05, 0.1) is 11.1 Å². The summed E-state index contributed by atoms with van der Waals surface area (Å²) in [5.74, 6) is -0.513. The van der Waals surface area contributed by atoms with Gasteiger partial charge in [-0.05, 0) is 40.5 Å². The molecule has 2 N–H and O–H groups in total. The van der Waals surface area contributed by atoms with E-state index in [2.05, 4.69) is 15.9 Å². The van der Waals surface area contributed by atoms with Crippen LogP contribution in [-0.2, 0) is 11.2 Å². The number of aliphatic hydroxyl groups is 1. The lowest BCUT2D eigenvalue weighted by Gasteiger charge is -2.09. The van der Waals surface area contributed by atoms with E-state index in [-0.39, 0.29) is 6.42 Å². The van der Waals surface area contributed by atoms with E-state index in [4.69, 9.17) is 9.84 Å². The summed E-state index contributed by atoms with van der Waals surface area (Å²) in [4.78, 5) is 10.5. The number of halogens is 1. The van der Waals surface area contributed by atoms with Crippen LogP contribution >= 0.6 is 15.9 Å². The molecule has 0 aliphatic rings. The van der Waals surface area contributed by atoms with E-state index in [1.807, 2.05) is 6.92 Å².